The minimum absolute atomic E-state index is 0.220. The predicted molar refractivity (Wildman–Crippen MR) is 67.7 cm³/mol. The lowest BCUT2D eigenvalue weighted by atomic mass is 10.2. The van der Waals surface area contributed by atoms with Crippen molar-refractivity contribution in [3.63, 3.8) is 0 Å². The maximum atomic E-state index is 9.13. The van der Waals surface area contributed by atoms with Gasteiger partial charge < -0.3 is 10.8 Å². The van der Waals surface area contributed by atoms with Crippen LogP contribution in [0.25, 0.3) is 0 Å². The Hall–Kier alpha value is -0.420. The fourth-order valence-corrected chi connectivity index (χ4v) is 3.17. The summed E-state index contributed by atoms with van der Waals surface area (Å²) in [5.74, 6) is 0. The third-order valence-corrected chi connectivity index (χ3v) is 4.19. The van der Waals surface area contributed by atoms with Gasteiger partial charge in [-0.25, -0.2) is 0 Å². The zero-order valence-electron chi connectivity index (χ0n) is 9.72. The van der Waals surface area contributed by atoms with Crippen LogP contribution in [-0.2, 0) is 0 Å². The summed E-state index contributed by atoms with van der Waals surface area (Å²) in [6.45, 7) is 3.71. The fraction of sp³-hybridized carbons (Fsp3) is 0.667. The van der Waals surface area contributed by atoms with Gasteiger partial charge in [0.1, 0.15) is 0 Å². The van der Waals surface area contributed by atoms with E-state index in [0.717, 1.165) is 6.54 Å². The molecule has 0 bridgehead atoms. The number of thiophene rings is 1. The van der Waals surface area contributed by atoms with E-state index in [1.165, 1.54) is 22.6 Å². The Morgan fingerprint density at radius 2 is 2.31 bits per heavy atom. The summed E-state index contributed by atoms with van der Waals surface area (Å²) in [6, 6.07) is 5.25. The Kier molecular flexibility index (Phi) is 3.97. The Balaban J connectivity index is 2.12. The number of aliphatic hydroxyl groups excluding tert-OH is 1. The average molecular weight is 240 g/mol. The van der Waals surface area contributed by atoms with E-state index in [-0.39, 0.29) is 6.61 Å². The lowest BCUT2D eigenvalue weighted by molar-refractivity contribution is 0.147. The zero-order valence-corrected chi connectivity index (χ0v) is 10.5. The van der Waals surface area contributed by atoms with Crippen molar-refractivity contribution >= 4 is 11.3 Å². The highest BCUT2D eigenvalue weighted by atomic mass is 32.1. The van der Waals surface area contributed by atoms with Gasteiger partial charge in [-0.1, -0.05) is 0 Å². The Labute approximate surface area is 101 Å². The molecule has 16 heavy (non-hydrogen) atoms. The SMILES string of the molecule is Cc1ccc(C(CN)N(CCO)C2CC2)s1. The molecule has 0 aliphatic heterocycles. The first-order valence-corrected chi connectivity index (χ1v) is 6.71. The minimum Gasteiger partial charge on any atom is -0.395 e. The average Bonchev–Trinajstić information content (AvgIpc) is 3.02. The van der Waals surface area contributed by atoms with Crippen LogP contribution in [0.3, 0.4) is 0 Å². The lowest BCUT2D eigenvalue weighted by Gasteiger charge is -2.29. The first-order valence-electron chi connectivity index (χ1n) is 5.89. The molecular formula is C12H20N2OS. The second kappa shape index (κ2) is 5.27. The summed E-state index contributed by atoms with van der Waals surface area (Å²) in [5.41, 5.74) is 5.89. The van der Waals surface area contributed by atoms with E-state index in [0.29, 0.717) is 18.6 Å². The Bertz CT molecular complexity index is 336. The molecule has 0 amide bonds. The van der Waals surface area contributed by atoms with Crippen LogP contribution >= 0.6 is 11.3 Å². The number of nitrogens with zero attached hydrogens (tertiary/aromatic N) is 1. The maximum Gasteiger partial charge on any atom is 0.0567 e. The van der Waals surface area contributed by atoms with Crippen molar-refractivity contribution < 1.29 is 5.11 Å². The molecule has 1 unspecified atom stereocenters. The molecule has 0 spiro atoms. The van der Waals surface area contributed by atoms with E-state index in [1.807, 2.05) is 11.3 Å². The monoisotopic (exact) mass is 240 g/mol. The van der Waals surface area contributed by atoms with Gasteiger partial charge in [0, 0.05) is 28.9 Å². The second-order valence-electron chi connectivity index (χ2n) is 4.39. The highest BCUT2D eigenvalue weighted by Gasteiger charge is 2.34. The molecule has 1 heterocycles. The molecule has 90 valence electrons. The van der Waals surface area contributed by atoms with Crippen molar-refractivity contribution in [2.24, 2.45) is 5.73 Å². The van der Waals surface area contributed by atoms with Gasteiger partial charge in [0.05, 0.1) is 12.6 Å². The van der Waals surface area contributed by atoms with Crippen LogP contribution in [-0.4, -0.2) is 35.7 Å². The van der Waals surface area contributed by atoms with Crippen molar-refractivity contribution in [1.29, 1.82) is 0 Å². The fourth-order valence-electron chi connectivity index (χ4n) is 2.16. The molecule has 0 aromatic carbocycles. The topological polar surface area (TPSA) is 49.5 Å². The largest absolute Gasteiger partial charge is 0.395 e. The minimum atomic E-state index is 0.220. The van der Waals surface area contributed by atoms with E-state index < -0.39 is 0 Å². The summed E-state index contributed by atoms with van der Waals surface area (Å²) in [6.07, 6.45) is 2.50. The van der Waals surface area contributed by atoms with Crippen LogP contribution in [0.5, 0.6) is 0 Å². The number of aliphatic hydroxyl groups is 1. The standard InChI is InChI=1S/C12H20N2OS/c1-9-2-5-12(16-9)11(8-13)14(6-7-15)10-3-4-10/h2,5,10-11,15H,3-4,6-8,13H2,1H3. The number of nitrogens with two attached hydrogens (primary N) is 1. The molecule has 1 aromatic heterocycles. The summed E-state index contributed by atoms with van der Waals surface area (Å²) >= 11 is 1.82. The van der Waals surface area contributed by atoms with Crippen LogP contribution < -0.4 is 5.73 Å². The first-order chi connectivity index (χ1) is 7.76. The van der Waals surface area contributed by atoms with E-state index in [4.69, 9.17) is 10.8 Å². The van der Waals surface area contributed by atoms with Gasteiger partial charge in [0.2, 0.25) is 0 Å². The van der Waals surface area contributed by atoms with Crippen molar-refractivity contribution in [3.05, 3.63) is 21.9 Å². The summed E-state index contributed by atoms with van der Waals surface area (Å²) in [5, 5.41) is 9.13. The molecule has 1 atom stereocenters. The summed E-state index contributed by atoms with van der Waals surface area (Å²) in [7, 11) is 0. The van der Waals surface area contributed by atoms with E-state index in [9.17, 15) is 0 Å². The molecule has 1 saturated carbocycles. The van der Waals surface area contributed by atoms with Crippen molar-refractivity contribution in [2.45, 2.75) is 31.8 Å². The number of rotatable bonds is 6. The van der Waals surface area contributed by atoms with Crippen molar-refractivity contribution in [1.82, 2.24) is 4.90 Å². The molecule has 1 aliphatic carbocycles. The molecule has 1 fully saturated rings. The van der Waals surface area contributed by atoms with Gasteiger partial charge in [-0.2, -0.15) is 0 Å². The predicted octanol–water partition coefficient (Wildman–Crippen LogP) is 1.51. The molecule has 2 rings (SSSR count). The van der Waals surface area contributed by atoms with Gasteiger partial charge in [-0.3, -0.25) is 4.90 Å². The van der Waals surface area contributed by atoms with Gasteiger partial charge in [0.15, 0.2) is 0 Å². The molecule has 3 N–H and O–H groups in total. The van der Waals surface area contributed by atoms with E-state index >= 15 is 0 Å². The second-order valence-corrected chi connectivity index (χ2v) is 5.71. The molecule has 1 aliphatic rings. The molecule has 3 nitrogen and oxygen atoms in total. The highest BCUT2D eigenvalue weighted by molar-refractivity contribution is 7.12. The van der Waals surface area contributed by atoms with E-state index in [1.54, 1.807) is 0 Å². The summed E-state index contributed by atoms with van der Waals surface area (Å²) < 4.78 is 0. The quantitative estimate of drug-likeness (QED) is 0.792. The van der Waals surface area contributed by atoms with E-state index in [2.05, 4.69) is 24.0 Å². The summed E-state index contributed by atoms with van der Waals surface area (Å²) in [4.78, 5) is 5.03. The Morgan fingerprint density at radius 3 is 2.75 bits per heavy atom. The maximum absolute atomic E-state index is 9.13. The number of hydrogen-bond donors (Lipinski definition) is 2. The van der Waals surface area contributed by atoms with Gasteiger partial charge >= 0.3 is 0 Å². The molecule has 0 saturated heterocycles. The van der Waals surface area contributed by atoms with Crippen LogP contribution in [0.15, 0.2) is 12.1 Å². The lowest BCUT2D eigenvalue weighted by Crippen LogP contribution is -2.37. The highest BCUT2D eigenvalue weighted by Crippen LogP contribution is 2.35. The molecule has 4 heteroatoms. The van der Waals surface area contributed by atoms with Gasteiger partial charge in [0.25, 0.3) is 0 Å². The van der Waals surface area contributed by atoms with Crippen LogP contribution in [0.1, 0.15) is 28.6 Å². The van der Waals surface area contributed by atoms with Gasteiger partial charge in [-0.15, -0.1) is 11.3 Å². The first kappa shape index (κ1) is 12.0. The van der Waals surface area contributed by atoms with Crippen LogP contribution in [0.2, 0.25) is 0 Å². The third kappa shape index (κ3) is 2.63. The third-order valence-electron chi connectivity index (χ3n) is 3.09. The smallest absolute Gasteiger partial charge is 0.0567 e. The van der Waals surface area contributed by atoms with Gasteiger partial charge in [-0.05, 0) is 31.9 Å². The molecular weight excluding hydrogens is 220 g/mol. The van der Waals surface area contributed by atoms with Crippen LogP contribution in [0.4, 0.5) is 0 Å². The number of aryl methyl sites for hydroxylation is 1. The molecule has 1 aromatic rings. The molecule has 0 radical (unpaired) electrons. The van der Waals surface area contributed by atoms with Crippen molar-refractivity contribution in [2.75, 3.05) is 19.7 Å². The normalized spacial score (nSPS) is 18.0. The zero-order chi connectivity index (χ0) is 11.5. The van der Waals surface area contributed by atoms with Crippen molar-refractivity contribution in [3.8, 4) is 0 Å². The van der Waals surface area contributed by atoms with Crippen LogP contribution in [0, 0.1) is 6.92 Å². The Morgan fingerprint density at radius 1 is 1.56 bits per heavy atom. The number of hydrogen-bond acceptors (Lipinski definition) is 4.